The van der Waals surface area contributed by atoms with E-state index in [0.29, 0.717) is 0 Å². The van der Waals surface area contributed by atoms with E-state index in [0.717, 1.165) is 6.29 Å². The Labute approximate surface area is 198 Å². The number of carbonyl (C=O) groups excluding carboxylic acids is 1. The highest BCUT2D eigenvalue weighted by Gasteiger charge is 2.52. The molecule has 0 spiro atoms. The molecule has 1 aliphatic heterocycles. The zero-order chi connectivity index (χ0) is 24.1. The van der Waals surface area contributed by atoms with Gasteiger partial charge in [0.2, 0.25) is 0 Å². The smallest absolute Gasteiger partial charge is 0.261 e. The third-order valence-corrected chi connectivity index (χ3v) is 11.5. The van der Waals surface area contributed by atoms with Gasteiger partial charge in [0.1, 0.15) is 18.5 Å². The first-order chi connectivity index (χ1) is 15.8. The molecule has 0 aromatic heterocycles. The first-order valence-electron chi connectivity index (χ1n) is 11.3. The van der Waals surface area contributed by atoms with Crippen LogP contribution >= 0.6 is 0 Å². The number of hydrogen-bond acceptors (Lipinski definition) is 6. The molecule has 2 aromatic rings. The van der Waals surface area contributed by atoms with Crippen LogP contribution in [0, 0.1) is 5.92 Å². The minimum atomic E-state index is -2.77. The third-order valence-electron chi connectivity index (χ3n) is 6.52. The Morgan fingerprint density at radius 3 is 1.76 bits per heavy atom. The fourth-order valence-corrected chi connectivity index (χ4v) is 9.51. The Morgan fingerprint density at radius 2 is 1.36 bits per heavy atom. The van der Waals surface area contributed by atoms with Gasteiger partial charge in [-0.25, -0.2) is 0 Å². The fourth-order valence-electron chi connectivity index (χ4n) is 4.94. The summed E-state index contributed by atoms with van der Waals surface area (Å²) in [6.07, 6.45) is -1.33. The fraction of sp³-hybridized carbons (Fsp3) is 0.500. The molecular weight excluding hydrogens is 436 g/mol. The molecule has 1 heterocycles. The molecule has 0 unspecified atom stereocenters. The van der Waals surface area contributed by atoms with Gasteiger partial charge in [-0.1, -0.05) is 81.4 Å². The normalized spacial score (nSPS) is 26.2. The van der Waals surface area contributed by atoms with Gasteiger partial charge in [0.15, 0.2) is 6.29 Å². The zero-order valence-corrected chi connectivity index (χ0v) is 21.4. The predicted molar refractivity (Wildman–Crippen MR) is 130 cm³/mol. The van der Waals surface area contributed by atoms with Gasteiger partial charge in [-0.2, -0.15) is 0 Å². The van der Waals surface area contributed by atoms with Crippen LogP contribution in [0.3, 0.4) is 0 Å². The van der Waals surface area contributed by atoms with E-state index < -0.39 is 38.8 Å². The molecule has 1 saturated heterocycles. The van der Waals surface area contributed by atoms with E-state index in [1.54, 1.807) is 21.3 Å². The van der Waals surface area contributed by atoms with Crippen LogP contribution in [0.5, 0.6) is 0 Å². The Hall–Kier alpha value is -1.87. The number of carbonyl (C=O) groups is 1. The summed E-state index contributed by atoms with van der Waals surface area (Å²) < 4.78 is 29.9. The van der Waals surface area contributed by atoms with Crippen LogP contribution in [-0.2, 0) is 28.2 Å². The minimum absolute atomic E-state index is 0.183. The molecule has 3 rings (SSSR count). The molecular formula is C26H36O6Si. The molecule has 7 heteroatoms. The lowest BCUT2D eigenvalue weighted by Gasteiger charge is -2.46. The van der Waals surface area contributed by atoms with E-state index in [4.69, 9.17) is 23.4 Å². The first kappa shape index (κ1) is 25.7. The lowest BCUT2D eigenvalue weighted by molar-refractivity contribution is -0.285. The molecule has 0 saturated carbocycles. The second-order valence-electron chi connectivity index (χ2n) is 9.37. The van der Waals surface area contributed by atoms with E-state index in [1.165, 1.54) is 10.4 Å². The molecule has 0 radical (unpaired) electrons. The van der Waals surface area contributed by atoms with E-state index >= 15 is 0 Å². The van der Waals surface area contributed by atoms with Crippen molar-refractivity contribution >= 4 is 25.0 Å². The van der Waals surface area contributed by atoms with Crippen LogP contribution < -0.4 is 10.4 Å². The van der Waals surface area contributed by atoms with Crippen molar-refractivity contribution in [2.45, 2.75) is 50.4 Å². The molecule has 2 aromatic carbocycles. The highest BCUT2D eigenvalue weighted by molar-refractivity contribution is 6.99. The Balaban J connectivity index is 2.03. The molecule has 180 valence electrons. The quantitative estimate of drug-likeness (QED) is 0.413. The molecule has 1 aliphatic rings. The average molecular weight is 473 g/mol. The Kier molecular flexibility index (Phi) is 8.61. The number of aldehydes is 1. The monoisotopic (exact) mass is 472 g/mol. The van der Waals surface area contributed by atoms with Crippen molar-refractivity contribution in [3.63, 3.8) is 0 Å². The van der Waals surface area contributed by atoms with E-state index in [9.17, 15) is 4.79 Å². The van der Waals surface area contributed by atoms with Crippen LogP contribution in [0.25, 0.3) is 0 Å². The van der Waals surface area contributed by atoms with Crippen LogP contribution in [0.4, 0.5) is 0 Å². The SMILES string of the molecule is CO[C@H]1O[C@H](CO[Si](c2ccccc2)(c2ccccc2)C(C)(C)C)[C@@H](C=O)[C@H](OC)[C@H]1OC. The summed E-state index contributed by atoms with van der Waals surface area (Å²) in [5.41, 5.74) is 0. The van der Waals surface area contributed by atoms with Crippen molar-refractivity contribution < 1.29 is 28.2 Å². The van der Waals surface area contributed by atoms with Crippen LogP contribution in [0.1, 0.15) is 20.8 Å². The van der Waals surface area contributed by atoms with Crippen molar-refractivity contribution in [1.82, 2.24) is 0 Å². The van der Waals surface area contributed by atoms with Crippen LogP contribution in [-0.4, -0.2) is 67.1 Å². The number of rotatable bonds is 9. The standard InChI is InChI=1S/C26H36O6Si/c1-26(2,3)33(19-13-9-7-10-14-19,20-15-11-8-12-16-20)31-18-22-21(17-27)23(28-4)24(29-5)25(30-6)32-22/h7-17,21-25H,18H2,1-6H3/t21-,22-,23+,24-,25+/m1/s1. The number of ether oxygens (including phenoxy) is 4. The van der Waals surface area contributed by atoms with Gasteiger partial charge in [-0.3, -0.25) is 0 Å². The summed E-state index contributed by atoms with van der Waals surface area (Å²) in [5.74, 6) is -0.551. The molecule has 5 atom stereocenters. The molecule has 0 amide bonds. The second-order valence-corrected chi connectivity index (χ2v) is 13.7. The largest absolute Gasteiger partial charge is 0.405 e. The van der Waals surface area contributed by atoms with Gasteiger partial charge in [-0.15, -0.1) is 0 Å². The van der Waals surface area contributed by atoms with Crippen molar-refractivity contribution in [1.29, 1.82) is 0 Å². The molecule has 0 bridgehead atoms. The topological polar surface area (TPSA) is 63.2 Å². The minimum Gasteiger partial charge on any atom is -0.405 e. The maximum absolute atomic E-state index is 12.2. The molecule has 33 heavy (non-hydrogen) atoms. The highest BCUT2D eigenvalue weighted by atomic mass is 28.4. The Bertz CT molecular complexity index is 830. The van der Waals surface area contributed by atoms with Gasteiger partial charge >= 0.3 is 0 Å². The van der Waals surface area contributed by atoms with Crippen LogP contribution in [0.2, 0.25) is 5.04 Å². The average Bonchev–Trinajstić information content (AvgIpc) is 2.83. The number of methoxy groups -OCH3 is 3. The lowest BCUT2D eigenvalue weighted by atomic mass is 9.90. The van der Waals surface area contributed by atoms with E-state index in [-0.39, 0.29) is 11.6 Å². The van der Waals surface area contributed by atoms with Gasteiger partial charge in [0.05, 0.1) is 18.6 Å². The zero-order valence-electron chi connectivity index (χ0n) is 20.4. The second kappa shape index (κ2) is 11.0. The van der Waals surface area contributed by atoms with Gasteiger partial charge in [-0.05, 0) is 15.4 Å². The lowest BCUT2D eigenvalue weighted by Crippen LogP contribution is -2.68. The van der Waals surface area contributed by atoms with E-state index in [2.05, 4.69) is 45.0 Å². The van der Waals surface area contributed by atoms with Crippen molar-refractivity contribution in [2.24, 2.45) is 5.92 Å². The van der Waals surface area contributed by atoms with Gasteiger partial charge in [0.25, 0.3) is 8.32 Å². The molecule has 0 N–H and O–H groups in total. The molecule has 6 nitrogen and oxygen atoms in total. The summed E-state index contributed by atoms with van der Waals surface area (Å²) >= 11 is 0. The summed E-state index contributed by atoms with van der Waals surface area (Å²) in [5, 5.41) is 2.16. The first-order valence-corrected chi connectivity index (χ1v) is 13.2. The van der Waals surface area contributed by atoms with Crippen molar-refractivity contribution in [3.8, 4) is 0 Å². The summed E-state index contributed by atoms with van der Waals surface area (Å²) in [6, 6.07) is 20.8. The number of benzene rings is 2. The summed E-state index contributed by atoms with van der Waals surface area (Å²) in [7, 11) is 1.92. The van der Waals surface area contributed by atoms with Gasteiger partial charge < -0.3 is 28.2 Å². The predicted octanol–water partition coefficient (Wildman–Crippen LogP) is 2.78. The summed E-state index contributed by atoms with van der Waals surface area (Å²) in [4.78, 5) is 12.2. The van der Waals surface area contributed by atoms with Gasteiger partial charge in [0, 0.05) is 21.3 Å². The number of hydrogen-bond donors (Lipinski definition) is 0. The maximum atomic E-state index is 12.2. The van der Waals surface area contributed by atoms with Crippen molar-refractivity contribution in [2.75, 3.05) is 27.9 Å². The summed E-state index contributed by atoms with van der Waals surface area (Å²) in [6.45, 7) is 6.88. The van der Waals surface area contributed by atoms with Crippen LogP contribution in [0.15, 0.2) is 60.7 Å². The Morgan fingerprint density at radius 1 is 0.848 bits per heavy atom. The highest BCUT2D eigenvalue weighted by Crippen LogP contribution is 2.38. The third kappa shape index (κ3) is 4.99. The molecule has 0 aliphatic carbocycles. The van der Waals surface area contributed by atoms with Crippen molar-refractivity contribution in [3.05, 3.63) is 60.7 Å². The van der Waals surface area contributed by atoms with E-state index in [1.807, 2.05) is 36.4 Å². The molecule has 1 fully saturated rings. The maximum Gasteiger partial charge on any atom is 0.261 e.